The van der Waals surface area contributed by atoms with Crippen LogP contribution in [0.25, 0.3) is 6.08 Å². The van der Waals surface area contributed by atoms with Gasteiger partial charge in [-0.15, -0.1) is 0 Å². The smallest absolute Gasteiger partial charge is 0.244 e. The number of halogens is 1. The van der Waals surface area contributed by atoms with Crippen molar-refractivity contribution in [3.63, 3.8) is 0 Å². The SMILES string of the molecule is Cc1cc(Cl)c2c(c1)CC(CNC(=O)C=Cc1ccc(N)nc1)O2. The number of carbonyl (C=O) groups is 1. The standard InChI is InChI=1S/C18H18ClN3O2/c1-11-6-13-8-14(24-18(13)15(19)7-11)10-22-17(23)5-3-12-2-4-16(20)21-9-12/h2-7,9,14H,8,10H2,1H3,(H2,20,21)(H,22,23). The predicted octanol–water partition coefficient (Wildman–Crippen LogP) is 2.76. The van der Waals surface area contributed by atoms with Gasteiger partial charge in [0, 0.05) is 18.7 Å². The molecule has 1 amide bonds. The lowest BCUT2D eigenvalue weighted by molar-refractivity contribution is -0.116. The summed E-state index contributed by atoms with van der Waals surface area (Å²) in [5.74, 6) is 0.988. The van der Waals surface area contributed by atoms with Crippen molar-refractivity contribution in [2.75, 3.05) is 12.3 Å². The van der Waals surface area contributed by atoms with Crippen molar-refractivity contribution >= 4 is 29.4 Å². The molecule has 0 saturated heterocycles. The molecule has 24 heavy (non-hydrogen) atoms. The Labute approximate surface area is 145 Å². The van der Waals surface area contributed by atoms with Crippen molar-refractivity contribution < 1.29 is 9.53 Å². The number of ether oxygens (including phenoxy) is 1. The molecule has 1 aromatic carbocycles. The summed E-state index contributed by atoms with van der Waals surface area (Å²) >= 11 is 6.19. The van der Waals surface area contributed by atoms with E-state index in [4.69, 9.17) is 22.1 Å². The molecule has 1 atom stereocenters. The molecule has 6 heteroatoms. The van der Waals surface area contributed by atoms with Gasteiger partial charge in [0.05, 0.1) is 11.6 Å². The summed E-state index contributed by atoms with van der Waals surface area (Å²) in [6.07, 6.45) is 5.40. The zero-order valence-corrected chi connectivity index (χ0v) is 14.0. The Morgan fingerprint density at radius 2 is 2.33 bits per heavy atom. The second kappa shape index (κ2) is 6.93. The number of pyridine rings is 1. The molecule has 0 radical (unpaired) electrons. The third-order valence-corrected chi connectivity index (χ3v) is 4.02. The number of benzene rings is 1. The summed E-state index contributed by atoms with van der Waals surface area (Å²) in [5, 5.41) is 3.46. The maximum absolute atomic E-state index is 11.9. The Bertz CT molecular complexity index is 788. The number of fused-ring (bicyclic) bond motifs is 1. The summed E-state index contributed by atoms with van der Waals surface area (Å²) in [6.45, 7) is 2.42. The van der Waals surface area contributed by atoms with Gasteiger partial charge in [-0.05, 0) is 47.9 Å². The molecular weight excluding hydrogens is 326 g/mol. The van der Waals surface area contributed by atoms with Crippen LogP contribution in [-0.2, 0) is 11.2 Å². The number of amides is 1. The van der Waals surface area contributed by atoms with Crippen molar-refractivity contribution in [2.24, 2.45) is 0 Å². The molecular formula is C18H18ClN3O2. The number of hydrogen-bond acceptors (Lipinski definition) is 4. The van der Waals surface area contributed by atoms with Gasteiger partial charge in [-0.3, -0.25) is 4.79 Å². The van der Waals surface area contributed by atoms with E-state index < -0.39 is 0 Å². The van der Waals surface area contributed by atoms with Crippen molar-refractivity contribution in [3.8, 4) is 5.75 Å². The van der Waals surface area contributed by atoms with Gasteiger partial charge in [0.15, 0.2) is 0 Å². The molecule has 3 rings (SSSR count). The van der Waals surface area contributed by atoms with Gasteiger partial charge in [-0.25, -0.2) is 4.98 Å². The molecule has 0 aliphatic carbocycles. The maximum Gasteiger partial charge on any atom is 0.244 e. The molecule has 1 unspecified atom stereocenters. The fourth-order valence-corrected chi connectivity index (χ4v) is 2.95. The van der Waals surface area contributed by atoms with E-state index in [0.29, 0.717) is 17.4 Å². The highest BCUT2D eigenvalue weighted by atomic mass is 35.5. The molecule has 124 valence electrons. The first-order valence-electron chi connectivity index (χ1n) is 7.64. The first kappa shape index (κ1) is 16.3. The zero-order valence-electron chi connectivity index (χ0n) is 13.3. The van der Waals surface area contributed by atoms with Gasteiger partial charge in [0.25, 0.3) is 0 Å². The minimum absolute atomic E-state index is 0.102. The lowest BCUT2D eigenvalue weighted by Gasteiger charge is -2.11. The molecule has 3 N–H and O–H groups in total. The second-order valence-corrected chi connectivity index (χ2v) is 6.18. The molecule has 5 nitrogen and oxygen atoms in total. The largest absolute Gasteiger partial charge is 0.486 e. The van der Waals surface area contributed by atoms with Crippen LogP contribution >= 0.6 is 11.6 Å². The first-order valence-corrected chi connectivity index (χ1v) is 8.02. The van der Waals surface area contributed by atoms with E-state index in [1.54, 1.807) is 24.4 Å². The Hall–Kier alpha value is -2.53. The lowest BCUT2D eigenvalue weighted by atomic mass is 10.1. The zero-order chi connectivity index (χ0) is 17.1. The quantitative estimate of drug-likeness (QED) is 0.837. The lowest BCUT2D eigenvalue weighted by Crippen LogP contribution is -2.33. The highest BCUT2D eigenvalue weighted by Crippen LogP contribution is 2.36. The Kier molecular flexibility index (Phi) is 4.71. The van der Waals surface area contributed by atoms with Crippen LogP contribution in [-0.4, -0.2) is 23.5 Å². The predicted molar refractivity (Wildman–Crippen MR) is 95.0 cm³/mol. The van der Waals surface area contributed by atoms with E-state index in [-0.39, 0.29) is 12.0 Å². The van der Waals surface area contributed by atoms with E-state index in [0.717, 1.165) is 28.9 Å². The topological polar surface area (TPSA) is 77.2 Å². The van der Waals surface area contributed by atoms with Crippen LogP contribution in [0.15, 0.2) is 36.5 Å². The Morgan fingerprint density at radius 3 is 3.08 bits per heavy atom. The van der Waals surface area contributed by atoms with Crippen LogP contribution in [0.4, 0.5) is 5.82 Å². The molecule has 1 aliphatic heterocycles. The third kappa shape index (κ3) is 3.86. The normalized spacial score (nSPS) is 16.0. The summed E-state index contributed by atoms with van der Waals surface area (Å²) in [4.78, 5) is 15.9. The minimum atomic E-state index is -0.186. The number of nitrogens with zero attached hydrogens (tertiary/aromatic N) is 1. The number of carbonyl (C=O) groups excluding carboxylic acids is 1. The van der Waals surface area contributed by atoms with Crippen molar-refractivity contribution in [1.29, 1.82) is 0 Å². The minimum Gasteiger partial charge on any atom is -0.486 e. The molecule has 1 aromatic heterocycles. The Balaban J connectivity index is 1.52. The summed E-state index contributed by atoms with van der Waals surface area (Å²) in [6, 6.07) is 7.43. The monoisotopic (exact) mass is 343 g/mol. The van der Waals surface area contributed by atoms with Crippen LogP contribution in [0.2, 0.25) is 5.02 Å². The van der Waals surface area contributed by atoms with E-state index in [9.17, 15) is 4.79 Å². The number of nitrogens with two attached hydrogens (primary N) is 1. The van der Waals surface area contributed by atoms with E-state index >= 15 is 0 Å². The van der Waals surface area contributed by atoms with Crippen molar-refractivity contribution in [3.05, 3.63) is 58.3 Å². The number of aryl methyl sites for hydroxylation is 1. The number of rotatable bonds is 4. The molecule has 0 spiro atoms. The van der Waals surface area contributed by atoms with Gasteiger partial charge < -0.3 is 15.8 Å². The summed E-state index contributed by atoms with van der Waals surface area (Å²) < 4.78 is 5.82. The molecule has 0 bridgehead atoms. The average Bonchev–Trinajstić information content (AvgIpc) is 2.95. The van der Waals surface area contributed by atoms with Gasteiger partial charge in [-0.1, -0.05) is 17.7 Å². The van der Waals surface area contributed by atoms with Crippen LogP contribution in [0.1, 0.15) is 16.7 Å². The number of hydrogen-bond donors (Lipinski definition) is 2. The maximum atomic E-state index is 11.9. The fraction of sp³-hybridized carbons (Fsp3) is 0.222. The highest BCUT2D eigenvalue weighted by Gasteiger charge is 2.25. The third-order valence-electron chi connectivity index (χ3n) is 3.74. The van der Waals surface area contributed by atoms with Gasteiger partial charge in [-0.2, -0.15) is 0 Å². The number of nitrogen functional groups attached to an aromatic ring is 1. The van der Waals surface area contributed by atoms with Crippen LogP contribution < -0.4 is 15.8 Å². The molecule has 2 aromatic rings. The van der Waals surface area contributed by atoms with Gasteiger partial charge in [0.1, 0.15) is 17.7 Å². The number of aromatic nitrogens is 1. The molecule has 0 saturated carbocycles. The molecule has 2 heterocycles. The molecule has 1 aliphatic rings. The van der Waals surface area contributed by atoms with Crippen molar-refractivity contribution in [1.82, 2.24) is 10.3 Å². The van der Waals surface area contributed by atoms with Crippen LogP contribution in [0.3, 0.4) is 0 Å². The summed E-state index contributed by atoms with van der Waals surface area (Å²) in [7, 11) is 0. The summed E-state index contributed by atoms with van der Waals surface area (Å²) in [5.41, 5.74) is 8.52. The first-order chi connectivity index (χ1) is 11.5. The van der Waals surface area contributed by atoms with Gasteiger partial charge >= 0.3 is 0 Å². The van der Waals surface area contributed by atoms with E-state index in [1.807, 2.05) is 13.0 Å². The number of nitrogens with one attached hydrogen (secondary N) is 1. The fourth-order valence-electron chi connectivity index (χ4n) is 2.61. The highest BCUT2D eigenvalue weighted by molar-refractivity contribution is 6.32. The molecule has 0 fully saturated rings. The van der Waals surface area contributed by atoms with E-state index in [2.05, 4.69) is 16.4 Å². The van der Waals surface area contributed by atoms with Crippen molar-refractivity contribution in [2.45, 2.75) is 19.4 Å². The van der Waals surface area contributed by atoms with Crippen LogP contribution in [0.5, 0.6) is 5.75 Å². The van der Waals surface area contributed by atoms with Crippen LogP contribution in [0, 0.1) is 6.92 Å². The number of anilines is 1. The van der Waals surface area contributed by atoms with E-state index in [1.165, 1.54) is 6.08 Å². The Morgan fingerprint density at radius 1 is 1.50 bits per heavy atom. The average molecular weight is 344 g/mol. The van der Waals surface area contributed by atoms with Gasteiger partial charge in [0.2, 0.25) is 5.91 Å². The second-order valence-electron chi connectivity index (χ2n) is 5.77.